The summed E-state index contributed by atoms with van der Waals surface area (Å²) in [5.41, 5.74) is -0.479. The van der Waals surface area contributed by atoms with Gasteiger partial charge in [-0.2, -0.15) is 0 Å². The summed E-state index contributed by atoms with van der Waals surface area (Å²) in [4.78, 5) is 17.2. The molecule has 2 aromatic heterocycles. The summed E-state index contributed by atoms with van der Waals surface area (Å²) in [6.07, 6.45) is 1.61. The smallest absolute Gasteiger partial charge is 0.285 e. The maximum absolute atomic E-state index is 12.9. The Labute approximate surface area is 83.0 Å². The van der Waals surface area contributed by atoms with Crippen molar-refractivity contribution in [3.8, 4) is 0 Å². The van der Waals surface area contributed by atoms with Crippen LogP contribution in [0.4, 0.5) is 4.39 Å². The number of aromatic amines is 1. The van der Waals surface area contributed by atoms with E-state index in [0.717, 1.165) is 6.07 Å². The highest BCUT2D eigenvalue weighted by Gasteiger charge is 2.02. The molecule has 0 unspecified atom stereocenters. The molecule has 2 heterocycles. The minimum atomic E-state index is -0.823. The number of hydrogen-bond acceptors (Lipinski definition) is 3. The summed E-state index contributed by atoms with van der Waals surface area (Å²) >= 11 is 4.89. The second kappa shape index (κ2) is 2.98. The summed E-state index contributed by atoms with van der Waals surface area (Å²) in [6.45, 7) is 0. The van der Waals surface area contributed by atoms with Gasteiger partial charge in [-0.1, -0.05) is 0 Å². The lowest BCUT2D eigenvalue weighted by atomic mass is 10.3. The van der Waals surface area contributed by atoms with E-state index in [1.807, 2.05) is 0 Å². The van der Waals surface area contributed by atoms with Crippen LogP contribution in [0, 0.1) is 10.6 Å². The van der Waals surface area contributed by atoms with E-state index in [4.69, 9.17) is 12.2 Å². The number of aryl methyl sites for hydroxylation is 1. The van der Waals surface area contributed by atoms with E-state index in [9.17, 15) is 9.18 Å². The first-order valence-corrected chi connectivity index (χ1v) is 4.25. The van der Waals surface area contributed by atoms with Crippen LogP contribution < -0.4 is 5.56 Å². The molecular formula is C8H6FN3OS. The molecule has 0 aliphatic rings. The number of rotatable bonds is 0. The lowest BCUT2D eigenvalue weighted by Gasteiger charge is -2.00. The van der Waals surface area contributed by atoms with Crippen LogP contribution >= 0.6 is 12.2 Å². The van der Waals surface area contributed by atoms with Crippen LogP contribution in [0.1, 0.15) is 0 Å². The minimum Gasteiger partial charge on any atom is -0.326 e. The molecule has 0 fully saturated rings. The maximum atomic E-state index is 12.9. The molecule has 0 atom stereocenters. The summed E-state index contributed by atoms with van der Waals surface area (Å²) in [5.74, 6) is -0.823. The Kier molecular flexibility index (Phi) is 1.92. The van der Waals surface area contributed by atoms with Crippen LogP contribution in [0.25, 0.3) is 11.0 Å². The molecule has 0 bridgehead atoms. The third-order valence-corrected chi connectivity index (χ3v) is 2.23. The zero-order valence-electron chi connectivity index (χ0n) is 7.24. The van der Waals surface area contributed by atoms with Crippen molar-refractivity contribution < 1.29 is 4.39 Å². The number of nitrogens with one attached hydrogen (secondary N) is 1. The molecule has 0 radical (unpaired) electrons. The third-order valence-electron chi connectivity index (χ3n) is 1.85. The van der Waals surface area contributed by atoms with E-state index in [2.05, 4.69) is 9.97 Å². The lowest BCUT2D eigenvalue weighted by molar-refractivity contribution is 0.611. The third kappa shape index (κ3) is 1.33. The molecule has 0 saturated carbocycles. The van der Waals surface area contributed by atoms with Crippen molar-refractivity contribution >= 4 is 23.3 Å². The van der Waals surface area contributed by atoms with Crippen LogP contribution in [0.3, 0.4) is 0 Å². The van der Waals surface area contributed by atoms with Crippen molar-refractivity contribution in [3.63, 3.8) is 0 Å². The fourth-order valence-electron chi connectivity index (χ4n) is 1.14. The van der Waals surface area contributed by atoms with Gasteiger partial charge in [0, 0.05) is 18.6 Å². The number of hydrogen-bond donors (Lipinski definition) is 1. The first kappa shape index (κ1) is 9.01. The first-order valence-electron chi connectivity index (χ1n) is 3.84. The number of fused-ring (bicyclic) bond motifs is 1. The van der Waals surface area contributed by atoms with Gasteiger partial charge in [0.1, 0.15) is 5.65 Å². The minimum absolute atomic E-state index is 0.305. The van der Waals surface area contributed by atoms with Gasteiger partial charge in [-0.05, 0) is 18.3 Å². The van der Waals surface area contributed by atoms with E-state index in [1.54, 1.807) is 17.8 Å². The predicted molar refractivity (Wildman–Crippen MR) is 52.1 cm³/mol. The number of aromatic nitrogens is 3. The summed E-state index contributed by atoms with van der Waals surface area (Å²) in [5, 5.41) is 0.512. The molecule has 0 saturated heterocycles. The van der Waals surface area contributed by atoms with Gasteiger partial charge < -0.3 is 9.55 Å². The second-order valence-corrected chi connectivity index (χ2v) is 3.25. The highest BCUT2D eigenvalue weighted by molar-refractivity contribution is 7.71. The summed E-state index contributed by atoms with van der Waals surface area (Å²) in [7, 11) is 1.71. The highest BCUT2D eigenvalue weighted by atomic mass is 32.1. The van der Waals surface area contributed by atoms with Gasteiger partial charge in [0.25, 0.3) is 5.56 Å². The average molecular weight is 211 g/mol. The molecule has 0 aliphatic heterocycles. The van der Waals surface area contributed by atoms with Gasteiger partial charge in [-0.25, -0.2) is 9.37 Å². The Morgan fingerprint density at radius 1 is 1.64 bits per heavy atom. The fourth-order valence-corrected chi connectivity index (χ4v) is 1.28. The number of pyridine rings is 1. The molecule has 72 valence electrons. The molecule has 14 heavy (non-hydrogen) atoms. The molecule has 4 nitrogen and oxygen atoms in total. The van der Waals surface area contributed by atoms with Gasteiger partial charge in [-0.3, -0.25) is 4.79 Å². The standard InChI is InChI=1S/C8H6FN3OS/c1-12-3-4-2-5(9)7(13)10-6(4)11-8(12)14/h2-3H,1H3,(H,10,11,13,14). The van der Waals surface area contributed by atoms with E-state index in [1.165, 1.54) is 0 Å². The highest BCUT2D eigenvalue weighted by Crippen LogP contribution is 2.06. The molecular weight excluding hydrogens is 205 g/mol. The Hall–Kier alpha value is -1.56. The van der Waals surface area contributed by atoms with Crippen molar-refractivity contribution in [2.45, 2.75) is 0 Å². The molecule has 0 aliphatic carbocycles. The number of halogens is 1. The van der Waals surface area contributed by atoms with Gasteiger partial charge in [0.05, 0.1) is 0 Å². The normalized spacial score (nSPS) is 10.7. The van der Waals surface area contributed by atoms with Crippen LogP contribution in [-0.4, -0.2) is 14.5 Å². The van der Waals surface area contributed by atoms with Crippen LogP contribution in [0.2, 0.25) is 0 Å². The Bertz CT molecular complexity index is 565. The van der Waals surface area contributed by atoms with Gasteiger partial charge in [0.15, 0.2) is 5.82 Å². The first-order chi connectivity index (χ1) is 6.58. The number of nitrogens with zero attached hydrogens (tertiary/aromatic N) is 2. The number of H-pyrrole nitrogens is 1. The van der Waals surface area contributed by atoms with E-state index >= 15 is 0 Å². The maximum Gasteiger partial charge on any atom is 0.285 e. The SMILES string of the molecule is Cn1cc2cc(F)c(=O)[nH]c2nc1=S. The Morgan fingerprint density at radius 2 is 2.36 bits per heavy atom. The van der Waals surface area contributed by atoms with E-state index in [-0.39, 0.29) is 0 Å². The van der Waals surface area contributed by atoms with Crippen LogP contribution in [0.5, 0.6) is 0 Å². The monoisotopic (exact) mass is 211 g/mol. The lowest BCUT2D eigenvalue weighted by Crippen LogP contribution is -2.11. The molecule has 6 heteroatoms. The average Bonchev–Trinajstić information content (AvgIpc) is 2.11. The quantitative estimate of drug-likeness (QED) is 0.664. The molecule has 0 aromatic carbocycles. The van der Waals surface area contributed by atoms with Crippen molar-refractivity contribution in [2.24, 2.45) is 7.05 Å². The van der Waals surface area contributed by atoms with Crippen molar-refractivity contribution in [1.29, 1.82) is 0 Å². The zero-order chi connectivity index (χ0) is 10.3. The summed E-state index contributed by atoms with van der Waals surface area (Å²) in [6, 6.07) is 1.13. The topological polar surface area (TPSA) is 50.7 Å². The second-order valence-electron chi connectivity index (χ2n) is 2.88. The Balaban J connectivity index is 2.97. The Morgan fingerprint density at radius 3 is 3.07 bits per heavy atom. The molecule has 0 amide bonds. The van der Waals surface area contributed by atoms with Crippen molar-refractivity contribution in [2.75, 3.05) is 0 Å². The van der Waals surface area contributed by atoms with E-state index < -0.39 is 11.4 Å². The molecule has 2 rings (SSSR count). The molecule has 1 N–H and O–H groups in total. The van der Waals surface area contributed by atoms with Crippen LogP contribution in [-0.2, 0) is 7.05 Å². The van der Waals surface area contributed by atoms with Crippen molar-refractivity contribution in [3.05, 3.63) is 33.2 Å². The predicted octanol–water partition coefficient (Wildman–Crippen LogP) is 1.13. The molecule has 0 spiro atoms. The van der Waals surface area contributed by atoms with Crippen molar-refractivity contribution in [1.82, 2.24) is 14.5 Å². The van der Waals surface area contributed by atoms with Gasteiger partial charge in [0.2, 0.25) is 4.77 Å². The van der Waals surface area contributed by atoms with Crippen LogP contribution in [0.15, 0.2) is 17.1 Å². The molecule has 2 aromatic rings. The largest absolute Gasteiger partial charge is 0.326 e. The fraction of sp³-hybridized carbons (Fsp3) is 0.125. The van der Waals surface area contributed by atoms with Gasteiger partial charge >= 0.3 is 0 Å². The van der Waals surface area contributed by atoms with Gasteiger partial charge in [-0.15, -0.1) is 0 Å². The van der Waals surface area contributed by atoms with E-state index in [0.29, 0.717) is 15.8 Å². The summed E-state index contributed by atoms with van der Waals surface area (Å²) < 4.78 is 14.8. The zero-order valence-corrected chi connectivity index (χ0v) is 8.06.